The SMILES string of the molecule is COc1cc(-c2cc(C(F)(F)F)cc3[nH]ncc23)c(OC)nn1. The maximum Gasteiger partial charge on any atom is 0.416 e. The Hall–Kier alpha value is -2.84. The van der Waals surface area contributed by atoms with Gasteiger partial charge in [0.25, 0.3) is 0 Å². The van der Waals surface area contributed by atoms with Crippen LogP contribution in [0, 0.1) is 0 Å². The second-order valence-electron chi connectivity index (χ2n) is 4.66. The molecule has 23 heavy (non-hydrogen) atoms. The molecule has 0 bridgehead atoms. The first-order valence-corrected chi connectivity index (χ1v) is 6.44. The average molecular weight is 324 g/mol. The van der Waals surface area contributed by atoms with Gasteiger partial charge in [0.15, 0.2) is 0 Å². The molecule has 6 nitrogen and oxygen atoms in total. The van der Waals surface area contributed by atoms with Gasteiger partial charge in [-0.05, 0) is 17.7 Å². The molecule has 0 fully saturated rings. The summed E-state index contributed by atoms with van der Waals surface area (Å²) in [7, 11) is 2.75. The third-order valence-corrected chi connectivity index (χ3v) is 3.32. The molecular weight excluding hydrogens is 313 g/mol. The van der Waals surface area contributed by atoms with Crippen LogP contribution >= 0.6 is 0 Å². The topological polar surface area (TPSA) is 72.9 Å². The third-order valence-electron chi connectivity index (χ3n) is 3.32. The Morgan fingerprint density at radius 3 is 2.43 bits per heavy atom. The van der Waals surface area contributed by atoms with Crippen molar-refractivity contribution in [3.05, 3.63) is 30.0 Å². The van der Waals surface area contributed by atoms with Crippen molar-refractivity contribution >= 4 is 10.9 Å². The van der Waals surface area contributed by atoms with Gasteiger partial charge in [0.1, 0.15) is 0 Å². The highest BCUT2D eigenvalue weighted by Gasteiger charge is 2.32. The van der Waals surface area contributed by atoms with Crippen molar-refractivity contribution in [1.29, 1.82) is 0 Å². The van der Waals surface area contributed by atoms with Gasteiger partial charge in [-0.25, -0.2) is 0 Å². The van der Waals surface area contributed by atoms with Crippen LogP contribution in [0.2, 0.25) is 0 Å². The highest BCUT2D eigenvalue weighted by molar-refractivity contribution is 5.96. The van der Waals surface area contributed by atoms with Crippen molar-refractivity contribution in [2.24, 2.45) is 0 Å². The lowest BCUT2D eigenvalue weighted by atomic mass is 10.00. The van der Waals surface area contributed by atoms with Gasteiger partial charge in [-0.15, -0.1) is 10.2 Å². The number of methoxy groups -OCH3 is 2. The molecule has 3 rings (SSSR count). The Morgan fingerprint density at radius 1 is 1.00 bits per heavy atom. The molecule has 0 aliphatic rings. The molecule has 120 valence electrons. The lowest BCUT2D eigenvalue weighted by Crippen LogP contribution is -2.05. The van der Waals surface area contributed by atoms with Crippen molar-refractivity contribution in [3.8, 4) is 22.9 Å². The second kappa shape index (κ2) is 5.41. The number of benzene rings is 1. The zero-order valence-electron chi connectivity index (χ0n) is 12.1. The van der Waals surface area contributed by atoms with E-state index < -0.39 is 11.7 Å². The maximum atomic E-state index is 13.1. The van der Waals surface area contributed by atoms with E-state index in [9.17, 15) is 13.2 Å². The lowest BCUT2D eigenvalue weighted by molar-refractivity contribution is -0.137. The summed E-state index contributed by atoms with van der Waals surface area (Å²) in [6.07, 6.45) is -3.05. The quantitative estimate of drug-likeness (QED) is 0.801. The Morgan fingerprint density at radius 2 is 1.78 bits per heavy atom. The monoisotopic (exact) mass is 324 g/mol. The van der Waals surface area contributed by atoms with Crippen LogP contribution < -0.4 is 9.47 Å². The van der Waals surface area contributed by atoms with Gasteiger partial charge in [0, 0.05) is 11.5 Å². The molecule has 9 heteroatoms. The minimum absolute atomic E-state index is 0.0904. The number of halogens is 3. The normalized spacial score (nSPS) is 11.7. The van der Waals surface area contributed by atoms with Crippen LogP contribution in [-0.2, 0) is 6.18 Å². The van der Waals surface area contributed by atoms with Crippen LogP contribution in [0.25, 0.3) is 22.0 Å². The molecule has 1 N–H and O–H groups in total. The number of ether oxygens (including phenoxy) is 2. The van der Waals surface area contributed by atoms with Gasteiger partial charge in [0.05, 0.1) is 37.1 Å². The molecule has 0 aliphatic carbocycles. The molecule has 0 radical (unpaired) electrons. The van der Waals surface area contributed by atoms with E-state index in [0.29, 0.717) is 10.9 Å². The standard InChI is InChI=1S/C14H11F3N4O2/c1-22-12-5-9(13(23-2)21-20-12)8-3-7(14(15,16)17)4-11-10(8)6-18-19-11/h3-6H,1-2H3,(H,18,19). The Labute approximate surface area is 128 Å². The van der Waals surface area contributed by atoms with E-state index in [0.717, 1.165) is 12.1 Å². The molecule has 0 unspecified atom stereocenters. The molecule has 0 atom stereocenters. The summed E-state index contributed by atoms with van der Waals surface area (Å²) in [6, 6.07) is 3.49. The first-order chi connectivity index (χ1) is 10.9. The zero-order valence-corrected chi connectivity index (χ0v) is 12.1. The van der Waals surface area contributed by atoms with E-state index >= 15 is 0 Å². The predicted molar refractivity (Wildman–Crippen MR) is 75.2 cm³/mol. The summed E-state index contributed by atoms with van der Waals surface area (Å²) < 4.78 is 49.5. The van der Waals surface area contributed by atoms with Gasteiger partial charge >= 0.3 is 6.18 Å². The minimum Gasteiger partial charge on any atom is -0.480 e. The minimum atomic E-state index is -4.49. The molecule has 2 heterocycles. The molecule has 2 aromatic heterocycles. The number of H-pyrrole nitrogens is 1. The maximum absolute atomic E-state index is 13.1. The zero-order chi connectivity index (χ0) is 16.6. The van der Waals surface area contributed by atoms with E-state index in [1.807, 2.05) is 0 Å². The molecule has 0 spiro atoms. The smallest absolute Gasteiger partial charge is 0.416 e. The van der Waals surface area contributed by atoms with E-state index in [4.69, 9.17) is 9.47 Å². The predicted octanol–water partition coefficient (Wildman–Crippen LogP) is 3.06. The number of nitrogens with zero attached hydrogens (tertiary/aromatic N) is 3. The van der Waals surface area contributed by atoms with Crippen molar-refractivity contribution < 1.29 is 22.6 Å². The molecule has 0 amide bonds. The van der Waals surface area contributed by atoms with Crippen LogP contribution in [-0.4, -0.2) is 34.6 Å². The molecule has 1 aromatic carbocycles. The van der Waals surface area contributed by atoms with Crippen LogP contribution in [0.1, 0.15) is 5.56 Å². The van der Waals surface area contributed by atoms with Gasteiger partial charge in [0.2, 0.25) is 11.8 Å². The summed E-state index contributed by atoms with van der Waals surface area (Å²) in [4.78, 5) is 0. The Kier molecular flexibility index (Phi) is 3.55. The van der Waals surface area contributed by atoms with Crippen molar-refractivity contribution in [3.63, 3.8) is 0 Å². The Bertz CT molecular complexity index is 861. The first kappa shape index (κ1) is 15.1. The molecule has 3 aromatic rings. The van der Waals surface area contributed by atoms with Gasteiger partial charge in [-0.1, -0.05) is 0 Å². The van der Waals surface area contributed by atoms with E-state index in [1.165, 1.54) is 26.5 Å². The summed E-state index contributed by atoms with van der Waals surface area (Å²) in [5, 5.41) is 14.4. The number of nitrogens with one attached hydrogen (secondary N) is 1. The van der Waals surface area contributed by atoms with E-state index in [1.54, 1.807) is 0 Å². The number of fused-ring (bicyclic) bond motifs is 1. The van der Waals surface area contributed by atoms with Crippen molar-refractivity contribution in [1.82, 2.24) is 20.4 Å². The number of aromatic nitrogens is 4. The Balaban J connectivity index is 2.33. The number of rotatable bonds is 3. The van der Waals surface area contributed by atoms with Crippen LogP contribution in [0.3, 0.4) is 0 Å². The number of aromatic amines is 1. The number of hydrogen-bond acceptors (Lipinski definition) is 5. The van der Waals surface area contributed by atoms with Crippen LogP contribution in [0.4, 0.5) is 13.2 Å². The van der Waals surface area contributed by atoms with E-state index in [-0.39, 0.29) is 22.8 Å². The number of hydrogen-bond donors (Lipinski definition) is 1. The van der Waals surface area contributed by atoms with Crippen molar-refractivity contribution in [2.45, 2.75) is 6.18 Å². The highest BCUT2D eigenvalue weighted by atomic mass is 19.4. The summed E-state index contributed by atoms with van der Waals surface area (Å²) in [6.45, 7) is 0. The highest BCUT2D eigenvalue weighted by Crippen LogP contribution is 2.39. The summed E-state index contributed by atoms with van der Waals surface area (Å²) in [5.74, 6) is 0.252. The lowest BCUT2D eigenvalue weighted by Gasteiger charge is -2.12. The van der Waals surface area contributed by atoms with Crippen LogP contribution in [0.15, 0.2) is 24.4 Å². The fraction of sp³-hybridized carbons (Fsp3) is 0.214. The van der Waals surface area contributed by atoms with E-state index in [2.05, 4.69) is 20.4 Å². The molecule has 0 saturated carbocycles. The number of alkyl halides is 3. The summed E-state index contributed by atoms with van der Waals surface area (Å²) >= 11 is 0. The molecular formula is C14H11F3N4O2. The molecule has 0 saturated heterocycles. The largest absolute Gasteiger partial charge is 0.480 e. The third kappa shape index (κ3) is 2.65. The fourth-order valence-electron chi connectivity index (χ4n) is 2.24. The molecule has 0 aliphatic heterocycles. The second-order valence-corrected chi connectivity index (χ2v) is 4.66. The van der Waals surface area contributed by atoms with Crippen LogP contribution in [0.5, 0.6) is 11.8 Å². The van der Waals surface area contributed by atoms with Gasteiger partial charge in [-0.2, -0.15) is 18.3 Å². The fourth-order valence-corrected chi connectivity index (χ4v) is 2.24. The van der Waals surface area contributed by atoms with Gasteiger partial charge in [-0.3, -0.25) is 5.10 Å². The van der Waals surface area contributed by atoms with Gasteiger partial charge < -0.3 is 9.47 Å². The summed E-state index contributed by atoms with van der Waals surface area (Å²) in [5.41, 5.74) is 0.0558. The first-order valence-electron chi connectivity index (χ1n) is 6.44. The van der Waals surface area contributed by atoms with Crippen molar-refractivity contribution in [2.75, 3.05) is 14.2 Å². The average Bonchev–Trinajstić information content (AvgIpc) is 3.01.